The normalized spacial score (nSPS) is 10.3. The van der Waals surface area contributed by atoms with E-state index >= 15 is 0 Å². The lowest BCUT2D eigenvalue weighted by atomic mass is 9.97. The first-order chi connectivity index (χ1) is 8.58. The van der Waals surface area contributed by atoms with Crippen LogP contribution in [0.4, 0.5) is 8.78 Å². The summed E-state index contributed by atoms with van der Waals surface area (Å²) in [5.74, 6) is -1.58. The molecule has 0 unspecified atom stereocenters. The van der Waals surface area contributed by atoms with Crippen molar-refractivity contribution in [2.45, 2.75) is 6.42 Å². The Morgan fingerprint density at radius 1 is 1.06 bits per heavy atom. The van der Waals surface area contributed by atoms with Gasteiger partial charge >= 0.3 is 0 Å². The van der Waals surface area contributed by atoms with Crippen LogP contribution in [-0.2, 0) is 11.2 Å². The van der Waals surface area contributed by atoms with Crippen LogP contribution in [0.3, 0.4) is 0 Å². The quantitative estimate of drug-likeness (QED) is 0.890. The van der Waals surface area contributed by atoms with Gasteiger partial charge in [0, 0.05) is 5.56 Å². The average Bonchev–Trinajstić information content (AvgIpc) is 2.32. The number of carbonyl (C=O) groups is 1. The summed E-state index contributed by atoms with van der Waals surface area (Å²) in [6.07, 6.45) is -0.00781. The van der Waals surface area contributed by atoms with E-state index in [2.05, 4.69) is 0 Å². The molecule has 2 N–H and O–H groups in total. The molecule has 0 atom stereocenters. The van der Waals surface area contributed by atoms with Crippen LogP contribution in [0.5, 0.6) is 0 Å². The lowest BCUT2D eigenvalue weighted by Gasteiger charge is -2.09. The van der Waals surface area contributed by atoms with Gasteiger partial charge in [0.2, 0.25) is 5.91 Å². The van der Waals surface area contributed by atoms with Crippen molar-refractivity contribution >= 4 is 5.91 Å². The zero-order valence-corrected chi connectivity index (χ0v) is 9.49. The first-order valence-electron chi connectivity index (χ1n) is 5.39. The molecule has 0 aliphatic heterocycles. The van der Waals surface area contributed by atoms with E-state index in [1.54, 1.807) is 24.3 Å². The Balaban J connectivity index is 2.56. The number of carbonyl (C=O) groups excluding carboxylic acids is 1. The van der Waals surface area contributed by atoms with E-state index < -0.39 is 17.5 Å². The molecule has 0 aromatic heterocycles. The molecule has 0 radical (unpaired) electrons. The maximum Gasteiger partial charge on any atom is 0.221 e. The molecule has 0 spiro atoms. The zero-order chi connectivity index (χ0) is 13.1. The molecule has 4 heteroatoms. The molecule has 1 amide bonds. The highest BCUT2D eigenvalue weighted by Gasteiger charge is 2.11. The largest absolute Gasteiger partial charge is 0.369 e. The van der Waals surface area contributed by atoms with Gasteiger partial charge in [0.05, 0.1) is 6.42 Å². The standard InChI is InChI=1S/C14H11F2NO/c15-10-5-6-13(16)12(8-10)11-4-2-1-3-9(11)7-14(17)18/h1-6,8H,7H2,(H2,17,18). The van der Waals surface area contributed by atoms with Gasteiger partial charge < -0.3 is 5.73 Å². The molecule has 0 saturated carbocycles. The molecule has 2 aromatic carbocycles. The smallest absolute Gasteiger partial charge is 0.221 e. The molecule has 0 saturated heterocycles. The number of halogens is 2. The Kier molecular flexibility index (Phi) is 3.37. The number of rotatable bonds is 3. The molecule has 0 aliphatic rings. The number of hydrogen-bond donors (Lipinski definition) is 1. The number of primary amides is 1. The second-order valence-corrected chi connectivity index (χ2v) is 3.92. The summed E-state index contributed by atoms with van der Waals surface area (Å²) in [5, 5.41) is 0. The summed E-state index contributed by atoms with van der Waals surface area (Å²) >= 11 is 0. The number of hydrogen-bond acceptors (Lipinski definition) is 1. The minimum absolute atomic E-state index is 0.00781. The third kappa shape index (κ3) is 2.53. The van der Waals surface area contributed by atoms with Gasteiger partial charge in [-0.2, -0.15) is 0 Å². The van der Waals surface area contributed by atoms with Crippen LogP contribution in [0, 0.1) is 11.6 Å². The Bertz CT molecular complexity index is 596. The lowest BCUT2D eigenvalue weighted by molar-refractivity contribution is -0.117. The monoisotopic (exact) mass is 247 g/mol. The molecule has 2 aromatic rings. The number of amides is 1. The summed E-state index contributed by atoms with van der Waals surface area (Å²) in [5.41, 5.74) is 6.32. The van der Waals surface area contributed by atoms with Gasteiger partial charge in [-0.05, 0) is 29.3 Å². The van der Waals surface area contributed by atoms with Crippen molar-refractivity contribution in [1.82, 2.24) is 0 Å². The summed E-state index contributed by atoms with van der Waals surface area (Å²) in [6.45, 7) is 0. The van der Waals surface area contributed by atoms with Gasteiger partial charge in [-0.1, -0.05) is 24.3 Å². The van der Waals surface area contributed by atoms with Crippen LogP contribution in [0.15, 0.2) is 42.5 Å². The van der Waals surface area contributed by atoms with E-state index in [0.29, 0.717) is 11.1 Å². The van der Waals surface area contributed by atoms with Gasteiger partial charge in [0.25, 0.3) is 0 Å². The summed E-state index contributed by atoms with van der Waals surface area (Å²) in [7, 11) is 0. The van der Waals surface area contributed by atoms with Crippen molar-refractivity contribution in [1.29, 1.82) is 0 Å². The van der Waals surface area contributed by atoms with Crippen LogP contribution >= 0.6 is 0 Å². The Labute approximate surface area is 103 Å². The molecular weight excluding hydrogens is 236 g/mol. The molecule has 0 heterocycles. The van der Waals surface area contributed by atoms with E-state index in [9.17, 15) is 13.6 Å². The highest BCUT2D eigenvalue weighted by molar-refractivity contribution is 5.80. The predicted octanol–water partition coefficient (Wildman–Crippen LogP) is 2.66. The van der Waals surface area contributed by atoms with Crippen molar-refractivity contribution < 1.29 is 13.6 Å². The van der Waals surface area contributed by atoms with Gasteiger partial charge in [0.1, 0.15) is 11.6 Å². The van der Waals surface area contributed by atoms with Crippen molar-refractivity contribution in [3.8, 4) is 11.1 Å². The van der Waals surface area contributed by atoms with Crippen molar-refractivity contribution in [2.24, 2.45) is 5.73 Å². The fourth-order valence-corrected chi connectivity index (χ4v) is 1.83. The van der Waals surface area contributed by atoms with E-state index in [4.69, 9.17) is 5.73 Å². The van der Waals surface area contributed by atoms with Crippen LogP contribution in [-0.4, -0.2) is 5.91 Å². The molecule has 2 nitrogen and oxygen atoms in total. The fourth-order valence-electron chi connectivity index (χ4n) is 1.83. The SMILES string of the molecule is NC(=O)Cc1ccccc1-c1cc(F)ccc1F. The number of nitrogens with two attached hydrogens (primary N) is 1. The van der Waals surface area contributed by atoms with Gasteiger partial charge in [-0.3, -0.25) is 4.79 Å². The van der Waals surface area contributed by atoms with Gasteiger partial charge in [-0.15, -0.1) is 0 Å². The second kappa shape index (κ2) is 4.96. The molecule has 0 aliphatic carbocycles. The highest BCUT2D eigenvalue weighted by atomic mass is 19.1. The third-order valence-electron chi connectivity index (χ3n) is 2.60. The Morgan fingerprint density at radius 3 is 2.50 bits per heavy atom. The van der Waals surface area contributed by atoms with E-state index in [1.807, 2.05) is 0 Å². The summed E-state index contributed by atoms with van der Waals surface area (Å²) in [4.78, 5) is 11.0. The summed E-state index contributed by atoms with van der Waals surface area (Å²) < 4.78 is 26.9. The van der Waals surface area contributed by atoms with E-state index in [1.165, 1.54) is 0 Å². The molecule has 18 heavy (non-hydrogen) atoms. The minimum Gasteiger partial charge on any atom is -0.369 e. The summed E-state index contributed by atoms with van der Waals surface area (Å²) in [6, 6.07) is 9.94. The number of benzene rings is 2. The van der Waals surface area contributed by atoms with Crippen LogP contribution in [0.2, 0.25) is 0 Å². The van der Waals surface area contributed by atoms with Crippen molar-refractivity contribution in [2.75, 3.05) is 0 Å². The third-order valence-corrected chi connectivity index (χ3v) is 2.60. The van der Waals surface area contributed by atoms with Crippen molar-refractivity contribution in [3.05, 3.63) is 59.7 Å². The maximum atomic E-state index is 13.7. The van der Waals surface area contributed by atoms with Gasteiger partial charge in [-0.25, -0.2) is 8.78 Å². The minimum atomic E-state index is -0.534. The van der Waals surface area contributed by atoms with E-state index in [-0.39, 0.29) is 12.0 Å². The molecule has 92 valence electrons. The maximum absolute atomic E-state index is 13.7. The lowest BCUT2D eigenvalue weighted by Crippen LogP contribution is -2.14. The Hall–Kier alpha value is -2.23. The fraction of sp³-hybridized carbons (Fsp3) is 0.0714. The van der Waals surface area contributed by atoms with E-state index in [0.717, 1.165) is 18.2 Å². The van der Waals surface area contributed by atoms with Gasteiger partial charge in [0.15, 0.2) is 0 Å². The molecule has 0 bridgehead atoms. The van der Waals surface area contributed by atoms with Crippen molar-refractivity contribution in [3.63, 3.8) is 0 Å². The Morgan fingerprint density at radius 2 is 1.78 bits per heavy atom. The average molecular weight is 247 g/mol. The topological polar surface area (TPSA) is 43.1 Å². The predicted molar refractivity (Wildman–Crippen MR) is 64.7 cm³/mol. The van der Waals surface area contributed by atoms with Crippen LogP contribution in [0.25, 0.3) is 11.1 Å². The first kappa shape index (κ1) is 12.2. The van der Waals surface area contributed by atoms with Crippen LogP contribution in [0.1, 0.15) is 5.56 Å². The molecule has 0 fully saturated rings. The molecular formula is C14H11F2NO. The highest BCUT2D eigenvalue weighted by Crippen LogP contribution is 2.27. The second-order valence-electron chi connectivity index (χ2n) is 3.92. The van der Waals surface area contributed by atoms with Crippen LogP contribution < -0.4 is 5.73 Å². The zero-order valence-electron chi connectivity index (χ0n) is 9.49. The first-order valence-corrected chi connectivity index (χ1v) is 5.39. The molecule has 2 rings (SSSR count).